The summed E-state index contributed by atoms with van der Waals surface area (Å²) >= 11 is 0. The van der Waals surface area contributed by atoms with Crippen LogP contribution < -0.4 is 11.1 Å². The van der Waals surface area contributed by atoms with Crippen molar-refractivity contribution in [2.75, 3.05) is 6.54 Å². The predicted molar refractivity (Wildman–Crippen MR) is 81.5 cm³/mol. The van der Waals surface area contributed by atoms with Crippen LogP contribution in [-0.2, 0) is 9.59 Å². The van der Waals surface area contributed by atoms with Crippen LogP contribution in [0.15, 0.2) is 60.7 Å². The third-order valence-electron chi connectivity index (χ3n) is 3.35. The summed E-state index contributed by atoms with van der Waals surface area (Å²) in [5.74, 6) is -1.53. The molecule has 0 saturated carbocycles. The number of carbonyl (C=O) groups excluding carboxylic acids is 2. The zero-order valence-corrected chi connectivity index (χ0v) is 11.7. The number of rotatable bonds is 5. The van der Waals surface area contributed by atoms with E-state index in [2.05, 4.69) is 29.6 Å². The fraction of sp³-hybridized carbons (Fsp3) is 0.176. The lowest BCUT2D eigenvalue weighted by Gasteiger charge is -2.18. The van der Waals surface area contributed by atoms with Gasteiger partial charge in [-0.25, -0.2) is 0 Å². The molecule has 0 aliphatic heterocycles. The molecule has 2 amide bonds. The van der Waals surface area contributed by atoms with Gasteiger partial charge in [0.15, 0.2) is 0 Å². The first-order chi connectivity index (χ1) is 10.2. The first kappa shape index (κ1) is 14.8. The van der Waals surface area contributed by atoms with Crippen molar-refractivity contribution in [2.45, 2.75) is 12.3 Å². The van der Waals surface area contributed by atoms with Gasteiger partial charge in [0.2, 0.25) is 0 Å². The lowest BCUT2D eigenvalue weighted by atomic mass is 9.88. The van der Waals surface area contributed by atoms with Crippen LogP contribution in [0, 0.1) is 0 Å². The van der Waals surface area contributed by atoms with Crippen molar-refractivity contribution >= 4 is 11.8 Å². The summed E-state index contributed by atoms with van der Waals surface area (Å²) in [6.45, 7) is 0.399. The lowest BCUT2D eigenvalue weighted by Crippen LogP contribution is -2.36. The first-order valence-corrected chi connectivity index (χ1v) is 6.86. The van der Waals surface area contributed by atoms with Crippen molar-refractivity contribution in [1.29, 1.82) is 0 Å². The van der Waals surface area contributed by atoms with Gasteiger partial charge in [-0.05, 0) is 17.5 Å². The summed E-state index contributed by atoms with van der Waals surface area (Å²) < 4.78 is 0. The van der Waals surface area contributed by atoms with E-state index >= 15 is 0 Å². The molecule has 0 unspecified atom stereocenters. The minimum atomic E-state index is -0.953. The van der Waals surface area contributed by atoms with E-state index in [1.807, 2.05) is 36.4 Å². The standard InChI is InChI=1S/C17H18N2O2/c18-16(20)17(21)19-12-11-15(13-7-3-1-4-8-13)14-9-5-2-6-10-14/h1-10,15H,11-12H2,(H2,18,20)(H,19,21). The minimum absolute atomic E-state index is 0.167. The molecule has 2 aromatic rings. The van der Waals surface area contributed by atoms with Crippen molar-refractivity contribution in [1.82, 2.24) is 5.32 Å². The van der Waals surface area contributed by atoms with Gasteiger partial charge in [-0.1, -0.05) is 60.7 Å². The monoisotopic (exact) mass is 282 g/mol. The molecule has 3 N–H and O–H groups in total. The molecule has 2 rings (SSSR count). The zero-order chi connectivity index (χ0) is 15.1. The molecule has 2 aromatic carbocycles. The van der Waals surface area contributed by atoms with Gasteiger partial charge in [0.1, 0.15) is 0 Å². The van der Waals surface area contributed by atoms with Gasteiger partial charge in [0, 0.05) is 12.5 Å². The molecule has 0 aromatic heterocycles. The Hall–Kier alpha value is -2.62. The van der Waals surface area contributed by atoms with Crippen LogP contribution in [0.25, 0.3) is 0 Å². The van der Waals surface area contributed by atoms with Gasteiger partial charge < -0.3 is 11.1 Å². The second-order valence-corrected chi connectivity index (χ2v) is 4.78. The Labute approximate surface area is 124 Å². The highest BCUT2D eigenvalue weighted by Gasteiger charge is 2.15. The Kier molecular flexibility index (Phi) is 5.10. The van der Waals surface area contributed by atoms with Crippen LogP contribution in [0.5, 0.6) is 0 Å². The Morgan fingerprint density at radius 3 is 1.81 bits per heavy atom. The molecule has 21 heavy (non-hydrogen) atoms. The van der Waals surface area contributed by atoms with E-state index < -0.39 is 11.8 Å². The van der Waals surface area contributed by atoms with Crippen molar-refractivity contribution in [2.24, 2.45) is 5.73 Å². The van der Waals surface area contributed by atoms with E-state index in [0.717, 1.165) is 0 Å². The van der Waals surface area contributed by atoms with Gasteiger partial charge in [-0.15, -0.1) is 0 Å². The van der Waals surface area contributed by atoms with Crippen LogP contribution in [0.3, 0.4) is 0 Å². The van der Waals surface area contributed by atoms with Gasteiger partial charge in [-0.2, -0.15) is 0 Å². The maximum absolute atomic E-state index is 11.2. The highest BCUT2D eigenvalue weighted by molar-refractivity contribution is 6.34. The highest BCUT2D eigenvalue weighted by Crippen LogP contribution is 2.27. The summed E-state index contributed by atoms with van der Waals surface area (Å²) in [6, 6.07) is 20.2. The average Bonchev–Trinajstić information content (AvgIpc) is 2.53. The first-order valence-electron chi connectivity index (χ1n) is 6.86. The molecular weight excluding hydrogens is 264 g/mol. The second kappa shape index (κ2) is 7.24. The normalized spacial score (nSPS) is 10.3. The van der Waals surface area contributed by atoms with Crippen LogP contribution in [0.1, 0.15) is 23.5 Å². The molecule has 0 heterocycles. The van der Waals surface area contributed by atoms with Crippen LogP contribution in [0.4, 0.5) is 0 Å². The van der Waals surface area contributed by atoms with E-state index in [4.69, 9.17) is 5.73 Å². The number of benzene rings is 2. The number of hydrogen-bond acceptors (Lipinski definition) is 2. The fourth-order valence-corrected chi connectivity index (χ4v) is 2.31. The second-order valence-electron chi connectivity index (χ2n) is 4.78. The molecule has 4 heteroatoms. The smallest absolute Gasteiger partial charge is 0.309 e. The van der Waals surface area contributed by atoms with Gasteiger partial charge in [0.05, 0.1) is 0 Å². The quantitative estimate of drug-likeness (QED) is 0.821. The SMILES string of the molecule is NC(=O)C(=O)NCCC(c1ccccc1)c1ccccc1. The molecule has 4 nitrogen and oxygen atoms in total. The molecule has 0 aliphatic rings. The minimum Gasteiger partial charge on any atom is -0.361 e. The van der Waals surface area contributed by atoms with Crippen LogP contribution >= 0.6 is 0 Å². The van der Waals surface area contributed by atoms with Gasteiger partial charge in [-0.3, -0.25) is 9.59 Å². The molecule has 0 saturated heterocycles. The molecule has 0 atom stereocenters. The maximum Gasteiger partial charge on any atom is 0.309 e. The molecule has 0 fully saturated rings. The number of nitrogens with one attached hydrogen (secondary N) is 1. The Morgan fingerprint density at radius 2 is 1.38 bits per heavy atom. The molecular formula is C17H18N2O2. The largest absolute Gasteiger partial charge is 0.361 e. The van der Waals surface area contributed by atoms with E-state index in [1.165, 1.54) is 11.1 Å². The van der Waals surface area contributed by atoms with E-state index in [0.29, 0.717) is 13.0 Å². The molecule has 0 radical (unpaired) electrons. The van der Waals surface area contributed by atoms with Crippen molar-refractivity contribution < 1.29 is 9.59 Å². The van der Waals surface area contributed by atoms with E-state index in [1.54, 1.807) is 0 Å². The lowest BCUT2D eigenvalue weighted by molar-refractivity contribution is -0.137. The number of primary amides is 1. The maximum atomic E-state index is 11.2. The predicted octanol–water partition coefficient (Wildman–Crippen LogP) is 1.81. The number of carbonyl (C=O) groups is 2. The van der Waals surface area contributed by atoms with Crippen LogP contribution in [-0.4, -0.2) is 18.4 Å². The fourth-order valence-electron chi connectivity index (χ4n) is 2.31. The van der Waals surface area contributed by atoms with E-state index in [9.17, 15) is 9.59 Å². The molecule has 0 bridgehead atoms. The van der Waals surface area contributed by atoms with Crippen molar-refractivity contribution in [3.05, 3.63) is 71.8 Å². The third-order valence-corrected chi connectivity index (χ3v) is 3.35. The Morgan fingerprint density at radius 1 is 0.905 bits per heavy atom. The summed E-state index contributed by atoms with van der Waals surface area (Å²) in [5.41, 5.74) is 7.28. The third kappa shape index (κ3) is 4.18. The highest BCUT2D eigenvalue weighted by atomic mass is 16.2. The Bertz CT molecular complexity index is 557. The topological polar surface area (TPSA) is 72.2 Å². The molecule has 0 aliphatic carbocycles. The van der Waals surface area contributed by atoms with Crippen molar-refractivity contribution in [3.63, 3.8) is 0 Å². The molecule has 0 spiro atoms. The number of amides is 2. The molecule has 108 valence electrons. The van der Waals surface area contributed by atoms with E-state index in [-0.39, 0.29) is 5.92 Å². The summed E-state index contributed by atoms with van der Waals surface area (Å²) in [4.78, 5) is 21.9. The summed E-state index contributed by atoms with van der Waals surface area (Å²) in [6.07, 6.45) is 0.701. The summed E-state index contributed by atoms with van der Waals surface area (Å²) in [7, 11) is 0. The van der Waals surface area contributed by atoms with Crippen LogP contribution in [0.2, 0.25) is 0 Å². The van der Waals surface area contributed by atoms with Gasteiger partial charge in [0.25, 0.3) is 0 Å². The summed E-state index contributed by atoms with van der Waals surface area (Å²) in [5, 5.41) is 2.54. The number of nitrogens with two attached hydrogens (primary N) is 1. The number of hydrogen-bond donors (Lipinski definition) is 2. The average molecular weight is 282 g/mol. The Balaban J connectivity index is 2.10. The zero-order valence-electron chi connectivity index (χ0n) is 11.7. The van der Waals surface area contributed by atoms with Crippen molar-refractivity contribution in [3.8, 4) is 0 Å². The van der Waals surface area contributed by atoms with Gasteiger partial charge >= 0.3 is 11.8 Å².